The molecule has 0 saturated heterocycles. The van der Waals surface area contributed by atoms with Crippen LogP contribution >= 0.6 is 0 Å². The number of aromatic nitrogens is 1. The summed E-state index contributed by atoms with van der Waals surface area (Å²) in [6.45, 7) is 4.39. The summed E-state index contributed by atoms with van der Waals surface area (Å²) in [7, 11) is 1.74. The molecule has 1 fully saturated rings. The van der Waals surface area contributed by atoms with Crippen LogP contribution in [-0.2, 0) is 0 Å². The molecular weight excluding hydrogens is 266 g/mol. The Labute approximate surface area is 126 Å². The molecule has 1 aliphatic rings. The second-order valence-corrected chi connectivity index (χ2v) is 6.29. The van der Waals surface area contributed by atoms with E-state index in [0.717, 1.165) is 25.7 Å². The number of carbonyl (C=O) groups is 1. The van der Waals surface area contributed by atoms with Gasteiger partial charge in [0, 0.05) is 25.8 Å². The molecule has 1 amide bonds. The first kappa shape index (κ1) is 15.8. The fourth-order valence-electron chi connectivity index (χ4n) is 2.88. The van der Waals surface area contributed by atoms with Crippen LogP contribution in [0.1, 0.15) is 49.9 Å². The molecule has 5 nitrogen and oxygen atoms in total. The van der Waals surface area contributed by atoms with Crippen molar-refractivity contribution in [2.24, 2.45) is 0 Å². The summed E-state index contributed by atoms with van der Waals surface area (Å²) in [5.41, 5.74) is -0.173. The summed E-state index contributed by atoms with van der Waals surface area (Å²) < 4.78 is 0. The van der Waals surface area contributed by atoms with Gasteiger partial charge in [-0.05, 0) is 38.8 Å². The molecule has 0 aliphatic heterocycles. The van der Waals surface area contributed by atoms with Crippen molar-refractivity contribution < 1.29 is 9.90 Å². The molecule has 1 saturated carbocycles. The van der Waals surface area contributed by atoms with E-state index in [9.17, 15) is 9.90 Å². The van der Waals surface area contributed by atoms with Crippen LogP contribution in [0.25, 0.3) is 0 Å². The Morgan fingerprint density at radius 1 is 1.48 bits per heavy atom. The quantitative estimate of drug-likeness (QED) is 0.873. The molecule has 0 aromatic carbocycles. The van der Waals surface area contributed by atoms with Gasteiger partial charge in [-0.1, -0.05) is 12.8 Å². The van der Waals surface area contributed by atoms with Crippen molar-refractivity contribution in [3.05, 3.63) is 23.9 Å². The van der Waals surface area contributed by atoms with E-state index in [0.29, 0.717) is 17.9 Å². The van der Waals surface area contributed by atoms with Gasteiger partial charge in [0.05, 0.1) is 11.2 Å². The van der Waals surface area contributed by atoms with Gasteiger partial charge in [0.15, 0.2) is 0 Å². The number of hydrogen-bond donors (Lipinski definition) is 2. The maximum Gasteiger partial charge on any atom is 0.257 e. The van der Waals surface area contributed by atoms with Crippen LogP contribution in [0.4, 0.5) is 5.82 Å². The van der Waals surface area contributed by atoms with Crippen LogP contribution < -0.4 is 5.32 Å². The number of anilines is 1. The van der Waals surface area contributed by atoms with Crippen molar-refractivity contribution in [2.45, 2.75) is 51.2 Å². The molecular formula is C16H25N3O2. The Morgan fingerprint density at radius 3 is 2.76 bits per heavy atom. The normalized spacial score (nSPS) is 17.0. The molecule has 0 radical (unpaired) electrons. The first-order valence-corrected chi connectivity index (χ1v) is 7.61. The van der Waals surface area contributed by atoms with Crippen LogP contribution in [0.15, 0.2) is 18.3 Å². The number of aliphatic hydroxyl groups is 1. The zero-order valence-electron chi connectivity index (χ0n) is 13.1. The molecule has 1 heterocycles. The highest BCUT2D eigenvalue weighted by atomic mass is 16.3. The molecule has 1 aliphatic carbocycles. The number of carbonyl (C=O) groups excluding carboxylic acids is 1. The Balaban J connectivity index is 2.12. The number of nitrogens with zero attached hydrogens (tertiary/aromatic N) is 2. The molecule has 0 atom stereocenters. The van der Waals surface area contributed by atoms with Crippen molar-refractivity contribution in [3.63, 3.8) is 0 Å². The third-order valence-electron chi connectivity index (χ3n) is 3.88. The van der Waals surface area contributed by atoms with Gasteiger partial charge in [-0.2, -0.15) is 0 Å². The largest absolute Gasteiger partial charge is 0.388 e. The van der Waals surface area contributed by atoms with Crippen molar-refractivity contribution in [2.75, 3.05) is 18.9 Å². The topological polar surface area (TPSA) is 65.5 Å². The Hall–Kier alpha value is -1.62. The molecule has 0 spiro atoms. The first-order valence-electron chi connectivity index (χ1n) is 7.61. The van der Waals surface area contributed by atoms with Crippen LogP contribution in [0, 0.1) is 0 Å². The lowest BCUT2D eigenvalue weighted by atomic mass is 10.0. The molecule has 0 bridgehead atoms. The van der Waals surface area contributed by atoms with Crippen molar-refractivity contribution in [1.29, 1.82) is 0 Å². The fourth-order valence-corrected chi connectivity index (χ4v) is 2.88. The third kappa shape index (κ3) is 3.94. The van der Waals surface area contributed by atoms with Crippen LogP contribution in [0.2, 0.25) is 0 Å². The highest BCUT2D eigenvalue weighted by Gasteiger charge is 2.34. The van der Waals surface area contributed by atoms with Crippen LogP contribution in [0.3, 0.4) is 0 Å². The molecule has 1 aromatic heterocycles. The molecule has 2 rings (SSSR count). The zero-order chi connectivity index (χ0) is 15.5. The fraction of sp³-hybridized carbons (Fsp3) is 0.625. The van der Waals surface area contributed by atoms with E-state index in [2.05, 4.69) is 10.3 Å². The maximum atomic E-state index is 12.6. The average Bonchev–Trinajstić information content (AvgIpc) is 2.84. The molecule has 1 aromatic rings. The van der Waals surface area contributed by atoms with Gasteiger partial charge >= 0.3 is 0 Å². The lowest BCUT2D eigenvalue weighted by molar-refractivity contribution is 0.0157. The van der Waals surface area contributed by atoms with Crippen LogP contribution in [-0.4, -0.2) is 46.1 Å². The molecule has 116 valence electrons. The van der Waals surface area contributed by atoms with Crippen LogP contribution in [0.5, 0.6) is 0 Å². The minimum absolute atomic E-state index is 0.105. The second-order valence-electron chi connectivity index (χ2n) is 6.29. The van der Waals surface area contributed by atoms with Gasteiger partial charge < -0.3 is 15.3 Å². The van der Waals surface area contributed by atoms with E-state index in [4.69, 9.17) is 0 Å². The standard InChI is InChI=1S/C16H25N3O2/c1-12(2)18-14-13(7-6-10-17-14)15(20)19(3)11-16(21)8-4-5-9-16/h6-7,10,12,21H,4-5,8-9,11H2,1-3H3,(H,17,18). The van der Waals surface area contributed by atoms with Gasteiger partial charge in [-0.3, -0.25) is 4.79 Å². The van der Waals surface area contributed by atoms with Gasteiger partial charge in [0.1, 0.15) is 5.82 Å². The van der Waals surface area contributed by atoms with Gasteiger partial charge in [0.25, 0.3) is 5.91 Å². The van der Waals surface area contributed by atoms with E-state index in [1.54, 1.807) is 30.3 Å². The number of amides is 1. The van der Waals surface area contributed by atoms with E-state index < -0.39 is 5.60 Å². The predicted molar refractivity (Wildman–Crippen MR) is 83.4 cm³/mol. The van der Waals surface area contributed by atoms with Crippen molar-refractivity contribution in [1.82, 2.24) is 9.88 Å². The molecule has 21 heavy (non-hydrogen) atoms. The second kappa shape index (κ2) is 6.43. The van der Waals surface area contributed by atoms with Crippen molar-refractivity contribution in [3.8, 4) is 0 Å². The SMILES string of the molecule is CC(C)Nc1ncccc1C(=O)N(C)CC1(O)CCCC1. The van der Waals surface area contributed by atoms with E-state index in [1.165, 1.54) is 0 Å². The highest BCUT2D eigenvalue weighted by Crippen LogP contribution is 2.30. The first-order chi connectivity index (χ1) is 9.91. The Morgan fingerprint density at radius 2 is 2.14 bits per heavy atom. The highest BCUT2D eigenvalue weighted by molar-refractivity contribution is 5.98. The molecule has 5 heteroatoms. The number of rotatable bonds is 5. The number of pyridine rings is 1. The molecule has 2 N–H and O–H groups in total. The Bertz CT molecular complexity index is 496. The third-order valence-corrected chi connectivity index (χ3v) is 3.88. The van der Waals surface area contributed by atoms with E-state index >= 15 is 0 Å². The number of nitrogens with one attached hydrogen (secondary N) is 1. The summed E-state index contributed by atoms with van der Waals surface area (Å²) in [5.74, 6) is 0.495. The average molecular weight is 291 g/mol. The Kier molecular flexibility index (Phi) is 4.83. The lowest BCUT2D eigenvalue weighted by Gasteiger charge is -2.29. The monoisotopic (exact) mass is 291 g/mol. The summed E-state index contributed by atoms with van der Waals surface area (Å²) in [6.07, 6.45) is 5.28. The zero-order valence-corrected chi connectivity index (χ0v) is 13.1. The summed E-state index contributed by atoms with van der Waals surface area (Å²) in [4.78, 5) is 18.5. The summed E-state index contributed by atoms with van der Waals surface area (Å²) in [5, 5.41) is 13.6. The minimum Gasteiger partial charge on any atom is -0.388 e. The maximum absolute atomic E-state index is 12.6. The minimum atomic E-state index is -0.724. The van der Waals surface area contributed by atoms with Gasteiger partial charge in [0.2, 0.25) is 0 Å². The number of hydrogen-bond acceptors (Lipinski definition) is 4. The van der Waals surface area contributed by atoms with Crippen molar-refractivity contribution >= 4 is 11.7 Å². The summed E-state index contributed by atoms with van der Waals surface area (Å²) in [6, 6.07) is 3.74. The number of likely N-dealkylation sites (N-methyl/N-ethyl adjacent to an activating group) is 1. The molecule has 0 unspecified atom stereocenters. The lowest BCUT2D eigenvalue weighted by Crippen LogP contribution is -2.42. The predicted octanol–water partition coefficient (Wildman–Crippen LogP) is 2.28. The van der Waals surface area contributed by atoms with Gasteiger partial charge in [-0.25, -0.2) is 4.98 Å². The summed E-state index contributed by atoms with van der Waals surface area (Å²) >= 11 is 0. The van der Waals surface area contributed by atoms with E-state index in [1.807, 2.05) is 13.8 Å². The van der Waals surface area contributed by atoms with E-state index in [-0.39, 0.29) is 11.9 Å². The van der Waals surface area contributed by atoms with Gasteiger partial charge in [-0.15, -0.1) is 0 Å². The smallest absolute Gasteiger partial charge is 0.257 e.